The molecule has 0 aromatic heterocycles. The molecule has 4 heteroatoms. The van der Waals surface area contributed by atoms with Crippen molar-refractivity contribution in [3.8, 4) is 5.75 Å². The van der Waals surface area contributed by atoms with Gasteiger partial charge in [0.25, 0.3) is 0 Å². The van der Waals surface area contributed by atoms with E-state index in [2.05, 4.69) is 17.0 Å². The normalized spacial score (nSPS) is 28.6. The Hall–Kier alpha value is -2.17. The number of benzene rings is 2. The molecule has 2 atom stereocenters. The predicted molar refractivity (Wildman–Crippen MR) is 105 cm³/mol. The van der Waals surface area contributed by atoms with Crippen LogP contribution in [0.25, 0.3) is 0 Å². The van der Waals surface area contributed by atoms with E-state index < -0.39 is 11.0 Å². The topological polar surface area (TPSA) is 49.8 Å². The highest BCUT2D eigenvalue weighted by molar-refractivity contribution is 5.82. The summed E-state index contributed by atoms with van der Waals surface area (Å²) < 4.78 is 5.40. The first-order valence-corrected chi connectivity index (χ1v) is 9.70. The van der Waals surface area contributed by atoms with Gasteiger partial charge in [0.15, 0.2) is 0 Å². The zero-order valence-corrected chi connectivity index (χ0v) is 15.9. The Morgan fingerprint density at radius 3 is 2.70 bits per heavy atom. The number of aliphatic hydroxyl groups is 1. The lowest BCUT2D eigenvalue weighted by Crippen LogP contribution is -2.65. The van der Waals surface area contributed by atoms with E-state index in [0.29, 0.717) is 25.8 Å². The molecular formula is C23H27NO3. The number of hydrogen-bond acceptors (Lipinski definition) is 4. The molecule has 1 aliphatic carbocycles. The van der Waals surface area contributed by atoms with Crippen LogP contribution in [-0.4, -0.2) is 41.6 Å². The van der Waals surface area contributed by atoms with E-state index in [1.54, 1.807) is 7.11 Å². The van der Waals surface area contributed by atoms with E-state index in [4.69, 9.17) is 4.74 Å². The standard InChI is InChI=1S/C23H27NO3/c1-27-21-9-5-8-19(14-21)22-12-13-24(16-18-6-3-2-4-7-18)17-23(22,26)11-10-20(25)15-22/h2-9,14,26H,10-13,15-17H2,1H3/t22-,23-/m1/s1. The largest absolute Gasteiger partial charge is 0.497 e. The lowest BCUT2D eigenvalue weighted by atomic mass is 9.56. The molecule has 0 unspecified atom stereocenters. The van der Waals surface area contributed by atoms with E-state index in [1.165, 1.54) is 5.56 Å². The maximum Gasteiger partial charge on any atom is 0.134 e. The molecular weight excluding hydrogens is 338 g/mol. The third-order valence-electron chi connectivity index (χ3n) is 6.42. The number of ether oxygens (including phenoxy) is 1. The highest BCUT2D eigenvalue weighted by atomic mass is 16.5. The third kappa shape index (κ3) is 3.28. The van der Waals surface area contributed by atoms with Crippen molar-refractivity contribution in [3.05, 3.63) is 65.7 Å². The second-order valence-corrected chi connectivity index (χ2v) is 8.01. The summed E-state index contributed by atoms with van der Waals surface area (Å²) in [5, 5.41) is 11.8. The minimum Gasteiger partial charge on any atom is -0.497 e. The Morgan fingerprint density at radius 2 is 1.93 bits per heavy atom. The monoisotopic (exact) mass is 365 g/mol. The molecule has 2 aromatic rings. The number of nitrogens with zero attached hydrogens (tertiary/aromatic N) is 1. The molecule has 0 spiro atoms. The van der Waals surface area contributed by atoms with Crippen LogP contribution in [0.1, 0.15) is 36.8 Å². The summed E-state index contributed by atoms with van der Waals surface area (Å²) in [7, 11) is 1.65. The van der Waals surface area contributed by atoms with Crippen LogP contribution in [0.2, 0.25) is 0 Å². The van der Waals surface area contributed by atoms with Gasteiger partial charge in [-0.05, 0) is 42.6 Å². The molecule has 0 amide bonds. The summed E-state index contributed by atoms with van der Waals surface area (Å²) in [6, 6.07) is 18.3. The lowest BCUT2D eigenvalue weighted by molar-refractivity contribution is -0.147. The summed E-state index contributed by atoms with van der Waals surface area (Å²) in [5.41, 5.74) is 0.850. The number of rotatable bonds is 4. The minimum atomic E-state index is -0.902. The smallest absolute Gasteiger partial charge is 0.134 e. The maximum atomic E-state index is 12.4. The van der Waals surface area contributed by atoms with Crippen LogP contribution < -0.4 is 4.74 Å². The minimum absolute atomic E-state index is 0.249. The number of carbonyl (C=O) groups is 1. The molecule has 1 heterocycles. The van der Waals surface area contributed by atoms with Crippen molar-refractivity contribution < 1.29 is 14.6 Å². The molecule has 1 saturated carbocycles. The van der Waals surface area contributed by atoms with Gasteiger partial charge in [0.2, 0.25) is 0 Å². The van der Waals surface area contributed by atoms with Gasteiger partial charge in [-0.15, -0.1) is 0 Å². The quantitative estimate of drug-likeness (QED) is 0.903. The Labute approximate surface area is 160 Å². The van der Waals surface area contributed by atoms with Crippen LogP contribution in [0.15, 0.2) is 54.6 Å². The van der Waals surface area contributed by atoms with Crippen LogP contribution in [-0.2, 0) is 16.8 Å². The van der Waals surface area contributed by atoms with E-state index in [9.17, 15) is 9.90 Å². The number of likely N-dealkylation sites (tertiary alicyclic amines) is 1. The van der Waals surface area contributed by atoms with Gasteiger partial charge in [-0.3, -0.25) is 9.69 Å². The van der Waals surface area contributed by atoms with Crippen molar-refractivity contribution in [2.75, 3.05) is 20.2 Å². The van der Waals surface area contributed by atoms with Gasteiger partial charge >= 0.3 is 0 Å². The Morgan fingerprint density at radius 1 is 1.11 bits per heavy atom. The van der Waals surface area contributed by atoms with Crippen LogP contribution in [0.5, 0.6) is 5.75 Å². The van der Waals surface area contributed by atoms with E-state index in [0.717, 1.165) is 30.8 Å². The Bertz CT molecular complexity index is 821. The molecule has 1 saturated heterocycles. The van der Waals surface area contributed by atoms with Crippen LogP contribution in [0, 0.1) is 0 Å². The molecule has 4 nitrogen and oxygen atoms in total. The van der Waals surface area contributed by atoms with Crippen molar-refractivity contribution in [3.63, 3.8) is 0 Å². The first-order chi connectivity index (χ1) is 13.0. The maximum absolute atomic E-state index is 12.4. The average molecular weight is 365 g/mol. The van der Waals surface area contributed by atoms with Crippen molar-refractivity contribution in [2.24, 2.45) is 0 Å². The number of methoxy groups -OCH3 is 1. The number of fused-ring (bicyclic) bond motifs is 1. The fourth-order valence-corrected chi connectivity index (χ4v) is 4.94. The van der Waals surface area contributed by atoms with Crippen LogP contribution in [0.3, 0.4) is 0 Å². The van der Waals surface area contributed by atoms with Crippen molar-refractivity contribution >= 4 is 5.78 Å². The molecule has 0 bridgehead atoms. The fourth-order valence-electron chi connectivity index (χ4n) is 4.94. The van der Waals surface area contributed by atoms with E-state index >= 15 is 0 Å². The number of Topliss-reactive ketones (excluding diaryl/α,β-unsaturated/α-hetero) is 1. The van der Waals surface area contributed by atoms with Crippen LogP contribution in [0.4, 0.5) is 0 Å². The zero-order valence-electron chi connectivity index (χ0n) is 15.9. The lowest BCUT2D eigenvalue weighted by Gasteiger charge is -2.56. The Kier molecular flexibility index (Phi) is 4.79. The second-order valence-electron chi connectivity index (χ2n) is 8.01. The van der Waals surface area contributed by atoms with Gasteiger partial charge in [-0.1, -0.05) is 42.5 Å². The van der Waals surface area contributed by atoms with E-state index in [1.807, 2.05) is 42.5 Å². The zero-order chi connectivity index (χ0) is 18.9. The summed E-state index contributed by atoms with van der Waals surface area (Å²) >= 11 is 0. The van der Waals surface area contributed by atoms with Crippen molar-refractivity contribution in [2.45, 2.75) is 43.2 Å². The van der Waals surface area contributed by atoms with Crippen molar-refractivity contribution in [1.82, 2.24) is 4.90 Å². The third-order valence-corrected chi connectivity index (χ3v) is 6.42. The molecule has 4 rings (SSSR count). The van der Waals surface area contributed by atoms with E-state index in [-0.39, 0.29) is 5.78 Å². The first kappa shape index (κ1) is 18.2. The van der Waals surface area contributed by atoms with Gasteiger partial charge in [0, 0.05) is 31.3 Å². The molecule has 2 aromatic carbocycles. The second kappa shape index (κ2) is 7.10. The number of piperidine rings is 1. The van der Waals surface area contributed by atoms with Gasteiger partial charge in [-0.25, -0.2) is 0 Å². The molecule has 1 N–H and O–H groups in total. The number of carbonyl (C=O) groups excluding carboxylic acids is 1. The highest BCUT2D eigenvalue weighted by Crippen LogP contribution is 2.51. The Balaban J connectivity index is 1.66. The first-order valence-electron chi connectivity index (χ1n) is 9.70. The predicted octanol–water partition coefficient (Wildman–Crippen LogP) is 3.32. The highest BCUT2D eigenvalue weighted by Gasteiger charge is 2.57. The van der Waals surface area contributed by atoms with Crippen LogP contribution >= 0.6 is 0 Å². The molecule has 0 radical (unpaired) electrons. The van der Waals surface area contributed by atoms with Crippen molar-refractivity contribution in [1.29, 1.82) is 0 Å². The summed E-state index contributed by atoms with van der Waals surface area (Å²) in [6.45, 7) is 2.28. The summed E-state index contributed by atoms with van der Waals surface area (Å²) in [4.78, 5) is 14.7. The number of β-amino-alcohol motifs (C(OH)–C–C–N with tert-alkyl or cyclic N) is 1. The van der Waals surface area contributed by atoms with Gasteiger partial charge in [0.05, 0.1) is 12.7 Å². The molecule has 142 valence electrons. The summed E-state index contributed by atoms with van der Waals surface area (Å²) in [5.74, 6) is 1.02. The number of hydrogen-bond donors (Lipinski definition) is 1. The molecule has 2 fully saturated rings. The fraction of sp³-hybridized carbons (Fsp3) is 0.435. The van der Waals surface area contributed by atoms with Gasteiger partial charge in [-0.2, -0.15) is 0 Å². The summed E-state index contributed by atoms with van der Waals surface area (Å²) in [6.07, 6.45) is 2.17. The SMILES string of the molecule is COc1cccc([C@]23CCN(Cc4ccccc4)C[C@]2(O)CCC(=O)C3)c1. The molecule has 2 aliphatic rings. The molecule has 1 aliphatic heterocycles. The number of ketones is 1. The molecule has 27 heavy (non-hydrogen) atoms. The van der Waals surface area contributed by atoms with Gasteiger partial charge < -0.3 is 9.84 Å². The van der Waals surface area contributed by atoms with Gasteiger partial charge in [0.1, 0.15) is 11.5 Å². The average Bonchev–Trinajstić information content (AvgIpc) is 2.69.